The number of ether oxygens (including phenoxy) is 1. The first-order valence-electron chi connectivity index (χ1n) is 9.19. The molecule has 4 bridgehead atoms. The van der Waals surface area contributed by atoms with Crippen molar-refractivity contribution in [2.24, 2.45) is 41.4 Å². The Morgan fingerprint density at radius 2 is 1.62 bits per heavy atom. The van der Waals surface area contributed by atoms with Crippen molar-refractivity contribution in [3.05, 3.63) is 12.2 Å². The zero-order valence-electron chi connectivity index (χ0n) is 14.1. The Morgan fingerprint density at radius 1 is 1.00 bits per heavy atom. The van der Waals surface area contributed by atoms with Gasteiger partial charge in [-0.25, -0.2) is 0 Å². The van der Waals surface area contributed by atoms with E-state index in [1.807, 2.05) is 0 Å². The van der Waals surface area contributed by atoms with Gasteiger partial charge in [0.25, 0.3) is 0 Å². The first-order valence-corrected chi connectivity index (χ1v) is 9.19. The zero-order chi connectivity index (χ0) is 18.9. The number of hydrogen-bond donors (Lipinski definition) is 2. The molecule has 5 rings (SSSR count). The van der Waals surface area contributed by atoms with Gasteiger partial charge in [0.15, 0.2) is 5.60 Å². The monoisotopic (exact) mass is 380 g/mol. The number of fused-ring (bicyclic) bond motifs is 9. The van der Waals surface area contributed by atoms with Crippen LogP contribution >= 0.6 is 0 Å². The highest BCUT2D eigenvalue weighted by Crippen LogP contribution is 2.71. The van der Waals surface area contributed by atoms with E-state index in [2.05, 4.69) is 16.9 Å². The lowest BCUT2D eigenvalue weighted by Crippen LogP contribution is -2.66. The Balaban J connectivity index is 1.54. The summed E-state index contributed by atoms with van der Waals surface area (Å²) in [5, 5.41) is 20.7. The first-order chi connectivity index (χ1) is 11.9. The quantitative estimate of drug-likeness (QED) is 0.418. The van der Waals surface area contributed by atoms with Crippen LogP contribution in [0.3, 0.4) is 0 Å². The number of rotatable bonds is 1. The van der Waals surface area contributed by atoms with Gasteiger partial charge in [0.05, 0.1) is 6.10 Å². The van der Waals surface area contributed by atoms with E-state index in [1.165, 1.54) is 0 Å². The molecule has 0 aromatic carbocycles. The van der Waals surface area contributed by atoms with Gasteiger partial charge in [-0.2, -0.15) is 22.0 Å². The van der Waals surface area contributed by atoms with E-state index in [0.29, 0.717) is 18.3 Å². The Morgan fingerprint density at radius 3 is 2.19 bits per heavy atom. The number of hydrogen-bond acceptors (Lipinski definition) is 3. The molecule has 0 spiro atoms. The number of alkyl halides is 5. The lowest BCUT2D eigenvalue weighted by atomic mass is 9.62. The van der Waals surface area contributed by atoms with Gasteiger partial charge in [-0.05, 0) is 67.6 Å². The summed E-state index contributed by atoms with van der Waals surface area (Å²) >= 11 is 0. The summed E-state index contributed by atoms with van der Waals surface area (Å²) in [6.07, 6.45) is -1.37. The molecular weight excluding hydrogens is 359 g/mol. The van der Waals surface area contributed by atoms with Crippen LogP contribution in [0.4, 0.5) is 22.0 Å². The molecule has 1 heterocycles. The predicted molar refractivity (Wildman–Crippen MR) is 78.9 cm³/mol. The smallest absolute Gasteiger partial charge is 0.380 e. The van der Waals surface area contributed by atoms with E-state index in [-0.39, 0.29) is 30.1 Å². The minimum absolute atomic E-state index is 0.139. The Labute approximate surface area is 147 Å². The predicted octanol–water partition coefficient (Wildman–Crippen LogP) is 3.12. The van der Waals surface area contributed by atoms with Gasteiger partial charge in [-0.3, -0.25) is 0 Å². The van der Waals surface area contributed by atoms with E-state index in [4.69, 9.17) is 0 Å². The summed E-state index contributed by atoms with van der Waals surface area (Å²) in [7, 11) is 0. The van der Waals surface area contributed by atoms with Crippen molar-refractivity contribution in [2.45, 2.75) is 55.8 Å². The molecule has 10 atom stereocenters. The van der Waals surface area contributed by atoms with E-state index >= 15 is 0 Å². The van der Waals surface area contributed by atoms with Crippen molar-refractivity contribution in [3.63, 3.8) is 0 Å². The second-order valence-corrected chi connectivity index (χ2v) is 8.91. The third-order valence-electron chi connectivity index (χ3n) is 8.12. The van der Waals surface area contributed by atoms with Gasteiger partial charge in [0.2, 0.25) is 0 Å². The number of aliphatic hydroxyl groups is 2. The normalized spacial score (nSPS) is 59.4. The fraction of sp³-hybridized carbons (Fsp3) is 0.889. The number of allylic oxidation sites excluding steroid dienone is 2. The fourth-order valence-electron chi connectivity index (χ4n) is 7.25. The SMILES string of the molecule is CC1OC(O)(C(F)(F)F)C(F)(F)C1(O)C1CC2CC1C1C3C=CC(C3)C21. The molecule has 5 aliphatic rings. The molecule has 146 valence electrons. The maximum Gasteiger partial charge on any atom is 0.449 e. The van der Waals surface area contributed by atoms with Gasteiger partial charge in [-0.1, -0.05) is 12.2 Å². The molecule has 3 nitrogen and oxygen atoms in total. The minimum Gasteiger partial charge on any atom is -0.380 e. The van der Waals surface area contributed by atoms with E-state index in [0.717, 1.165) is 13.3 Å². The van der Waals surface area contributed by atoms with Crippen LogP contribution in [-0.2, 0) is 4.74 Å². The fourth-order valence-corrected chi connectivity index (χ4v) is 7.25. The van der Waals surface area contributed by atoms with Crippen LogP contribution in [0.5, 0.6) is 0 Å². The van der Waals surface area contributed by atoms with Gasteiger partial charge >= 0.3 is 17.9 Å². The molecule has 26 heavy (non-hydrogen) atoms. The van der Waals surface area contributed by atoms with Crippen molar-refractivity contribution in [2.75, 3.05) is 0 Å². The first kappa shape index (κ1) is 17.4. The van der Waals surface area contributed by atoms with Crippen molar-refractivity contribution >= 4 is 0 Å². The Hall–Kier alpha value is -0.730. The Kier molecular flexibility index (Phi) is 3.09. The van der Waals surface area contributed by atoms with Gasteiger partial charge in [-0.15, -0.1) is 0 Å². The molecule has 10 unspecified atom stereocenters. The van der Waals surface area contributed by atoms with Gasteiger partial charge in [0, 0.05) is 0 Å². The lowest BCUT2D eigenvalue weighted by Gasteiger charge is -2.46. The standard InChI is InChI=1S/C18H21F5O3/c1-7-15(24,16(19,20)17(25,26-7)18(21,22)23)12-6-10-5-11(12)14-9-3-2-8(4-9)13(10)14/h2-3,7-14,24-25H,4-6H2,1H3. The second-order valence-electron chi connectivity index (χ2n) is 8.91. The maximum atomic E-state index is 14.9. The van der Waals surface area contributed by atoms with Crippen LogP contribution in [0.1, 0.15) is 26.2 Å². The molecule has 8 heteroatoms. The molecule has 1 saturated heterocycles. The third-order valence-corrected chi connectivity index (χ3v) is 8.12. The molecule has 3 saturated carbocycles. The average Bonchev–Trinajstić information content (AvgIpc) is 3.30. The van der Waals surface area contributed by atoms with Crippen LogP contribution in [0.25, 0.3) is 0 Å². The van der Waals surface area contributed by atoms with E-state index < -0.39 is 35.5 Å². The zero-order valence-corrected chi connectivity index (χ0v) is 14.1. The molecule has 4 aliphatic carbocycles. The topological polar surface area (TPSA) is 49.7 Å². The van der Waals surface area contributed by atoms with Crippen LogP contribution in [0.15, 0.2) is 12.2 Å². The summed E-state index contributed by atoms with van der Waals surface area (Å²) in [5.74, 6) is -9.41. The molecule has 1 aliphatic heterocycles. The van der Waals surface area contributed by atoms with Crippen LogP contribution in [-0.4, -0.2) is 39.8 Å². The van der Waals surface area contributed by atoms with Crippen molar-refractivity contribution < 1.29 is 36.9 Å². The summed E-state index contributed by atoms with van der Waals surface area (Å²) in [4.78, 5) is 0. The highest BCUT2D eigenvalue weighted by Gasteiger charge is 2.87. The van der Waals surface area contributed by atoms with Crippen molar-refractivity contribution in [1.29, 1.82) is 0 Å². The molecule has 0 aromatic rings. The van der Waals surface area contributed by atoms with E-state index in [1.54, 1.807) is 0 Å². The summed E-state index contributed by atoms with van der Waals surface area (Å²) in [6, 6.07) is 0. The molecular formula is C18H21F5O3. The highest BCUT2D eigenvalue weighted by molar-refractivity contribution is 5.25. The van der Waals surface area contributed by atoms with Crippen LogP contribution in [0.2, 0.25) is 0 Å². The molecule has 0 radical (unpaired) electrons. The van der Waals surface area contributed by atoms with E-state index in [9.17, 15) is 32.2 Å². The highest BCUT2D eigenvalue weighted by atomic mass is 19.4. The Bertz CT molecular complexity index is 678. The largest absolute Gasteiger partial charge is 0.449 e. The third kappa shape index (κ3) is 1.63. The number of halogens is 5. The molecule has 0 aromatic heterocycles. The molecule has 4 fully saturated rings. The van der Waals surface area contributed by atoms with Crippen LogP contribution in [0, 0.1) is 41.4 Å². The minimum atomic E-state index is -5.70. The molecule has 2 N–H and O–H groups in total. The van der Waals surface area contributed by atoms with Crippen molar-refractivity contribution in [3.8, 4) is 0 Å². The van der Waals surface area contributed by atoms with Gasteiger partial charge in [0.1, 0.15) is 0 Å². The van der Waals surface area contributed by atoms with Crippen LogP contribution < -0.4 is 0 Å². The maximum absolute atomic E-state index is 14.9. The lowest BCUT2D eigenvalue weighted by molar-refractivity contribution is -0.413. The summed E-state index contributed by atoms with van der Waals surface area (Å²) in [5.41, 5.74) is -3.03. The average molecular weight is 380 g/mol. The molecule has 0 amide bonds. The summed E-state index contributed by atoms with van der Waals surface area (Å²) in [6.45, 7) is 1.00. The van der Waals surface area contributed by atoms with Gasteiger partial charge < -0.3 is 14.9 Å². The van der Waals surface area contributed by atoms with Crippen molar-refractivity contribution in [1.82, 2.24) is 0 Å². The second kappa shape index (κ2) is 4.63. The summed E-state index contributed by atoms with van der Waals surface area (Å²) < 4.78 is 73.8.